The number of fused-ring (bicyclic) bond motifs is 1. The first kappa shape index (κ1) is 20.5. The van der Waals surface area contributed by atoms with Crippen molar-refractivity contribution in [1.82, 2.24) is 15.2 Å². The Bertz CT molecular complexity index is 913. The number of carbonyl (C=O) groups excluding carboxylic acids is 2. The average Bonchev–Trinajstić information content (AvgIpc) is 3.32. The van der Waals surface area contributed by atoms with Gasteiger partial charge in [0.05, 0.1) is 22.4 Å². The van der Waals surface area contributed by atoms with Gasteiger partial charge in [-0.1, -0.05) is 17.8 Å². The number of amides is 2. The standard InChI is InChI=1S/C22H25N3O4S/c1-15(16-4-6-18-19(12-16)29-11-10-28-18)24-20(26)14-30-21-7-5-17(13-23-21)22(27)25-8-2-3-9-25/h4-7,12-13,15H,2-3,8-11,14H2,1H3,(H,24,26)/t15-/m0/s1. The van der Waals surface area contributed by atoms with Crippen molar-refractivity contribution in [1.29, 1.82) is 0 Å². The Morgan fingerprint density at radius 1 is 1.13 bits per heavy atom. The summed E-state index contributed by atoms with van der Waals surface area (Å²) in [5.41, 5.74) is 1.55. The predicted molar refractivity (Wildman–Crippen MR) is 114 cm³/mol. The number of nitrogens with zero attached hydrogens (tertiary/aromatic N) is 2. The largest absolute Gasteiger partial charge is 0.486 e. The molecule has 2 aliphatic heterocycles. The van der Waals surface area contributed by atoms with E-state index < -0.39 is 0 Å². The molecule has 1 atom stereocenters. The van der Waals surface area contributed by atoms with Gasteiger partial charge < -0.3 is 19.7 Å². The van der Waals surface area contributed by atoms with Gasteiger partial charge in [0.25, 0.3) is 5.91 Å². The third-order valence-electron chi connectivity index (χ3n) is 5.17. The Kier molecular flexibility index (Phi) is 6.42. The van der Waals surface area contributed by atoms with Crippen LogP contribution in [0, 0.1) is 0 Å². The Labute approximate surface area is 180 Å². The first-order chi connectivity index (χ1) is 14.6. The third-order valence-corrected chi connectivity index (χ3v) is 6.12. The molecule has 0 spiro atoms. The zero-order valence-corrected chi connectivity index (χ0v) is 17.7. The van der Waals surface area contributed by atoms with E-state index in [0.29, 0.717) is 24.5 Å². The summed E-state index contributed by atoms with van der Waals surface area (Å²) in [6, 6.07) is 9.14. The number of ether oxygens (including phenoxy) is 2. The molecular formula is C22H25N3O4S. The topological polar surface area (TPSA) is 80.8 Å². The number of aromatic nitrogens is 1. The van der Waals surface area contributed by atoms with E-state index in [1.165, 1.54) is 11.8 Å². The van der Waals surface area contributed by atoms with Crippen LogP contribution in [-0.4, -0.2) is 53.8 Å². The van der Waals surface area contributed by atoms with Crippen LogP contribution in [0.25, 0.3) is 0 Å². The number of nitrogens with one attached hydrogen (secondary N) is 1. The van der Waals surface area contributed by atoms with E-state index in [1.54, 1.807) is 18.3 Å². The van der Waals surface area contributed by atoms with Gasteiger partial charge in [0, 0.05) is 19.3 Å². The number of pyridine rings is 1. The number of carbonyl (C=O) groups is 2. The normalized spacial score (nSPS) is 16.2. The smallest absolute Gasteiger partial charge is 0.255 e. The maximum atomic E-state index is 12.4. The molecular weight excluding hydrogens is 402 g/mol. The van der Waals surface area contributed by atoms with Gasteiger partial charge in [0.2, 0.25) is 5.91 Å². The highest BCUT2D eigenvalue weighted by atomic mass is 32.2. The van der Waals surface area contributed by atoms with E-state index in [0.717, 1.165) is 42.3 Å². The molecule has 0 unspecified atom stereocenters. The molecule has 1 aromatic carbocycles. The zero-order chi connectivity index (χ0) is 20.9. The van der Waals surface area contributed by atoms with Crippen molar-refractivity contribution < 1.29 is 19.1 Å². The monoisotopic (exact) mass is 427 g/mol. The van der Waals surface area contributed by atoms with Crippen LogP contribution in [0.4, 0.5) is 0 Å². The molecule has 1 saturated heterocycles. The van der Waals surface area contributed by atoms with Crippen molar-refractivity contribution in [3.05, 3.63) is 47.7 Å². The van der Waals surface area contributed by atoms with E-state index in [9.17, 15) is 9.59 Å². The molecule has 158 valence electrons. The van der Waals surface area contributed by atoms with Crippen molar-refractivity contribution in [2.24, 2.45) is 0 Å². The Hall–Kier alpha value is -2.74. The molecule has 7 nitrogen and oxygen atoms in total. The lowest BCUT2D eigenvalue weighted by Crippen LogP contribution is -2.28. The average molecular weight is 428 g/mol. The molecule has 0 aliphatic carbocycles. The zero-order valence-electron chi connectivity index (χ0n) is 16.9. The molecule has 4 rings (SSSR count). The first-order valence-corrected chi connectivity index (χ1v) is 11.2. The highest BCUT2D eigenvalue weighted by Crippen LogP contribution is 2.32. The van der Waals surface area contributed by atoms with Crippen LogP contribution in [0.3, 0.4) is 0 Å². The molecule has 0 radical (unpaired) electrons. The minimum Gasteiger partial charge on any atom is -0.486 e. The molecule has 0 bridgehead atoms. The van der Waals surface area contributed by atoms with Crippen molar-refractivity contribution in [2.45, 2.75) is 30.8 Å². The first-order valence-electron chi connectivity index (χ1n) is 10.2. The molecule has 1 N–H and O–H groups in total. The molecule has 8 heteroatoms. The molecule has 3 heterocycles. The number of rotatable bonds is 6. The molecule has 1 aromatic heterocycles. The summed E-state index contributed by atoms with van der Waals surface area (Å²) in [5, 5.41) is 3.71. The Morgan fingerprint density at radius 3 is 2.63 bits per heavy atom. The summed E-state index contributed by atoms with van der Waals surface area (Å²) in [7, 11) is 0. The molecule has 2 aliphatic rings. The lowest BCUT2D eigenvalue weighted by atomic mass is 10.1. The molecule has 2 aromatic rings. The summed E-state index contributed by atoms with van der Waals surface area (Å²) >= 11 is 1.35. The minimum absolute atomic E-state index is 0.0301. The predicted octanol–water partition coefficient (Wildman–Crippen LogP) is 3.06. The maximum Gasteiger partial charge on any atom is 0.255 e. The lowest BCUT2D eigenvalue weighted by Gasteiger charge is -2.21. The van der Waals surface area contributed by atoms with Gasteiger partial charge in [0.1, 0.15) is 13.2 Å². The van der Waals surface area contributed by atoms with Crippen LogP contribution in [0.2, 0.25) is 0 Å². The highest BCUT2D eigenvalue weighted by Gasteiger charge is 2.20. The van der Waals surface area contributed by atoms with Gasteiger partial charge in [-0.3, -0.25) is 9.59 Å². The number of benzene rings is 1. The van der Waals surface area contributed by atoms with Gasteiger partial charge in [-0.2, -0.15) is 0 Å². The Balaban J connectivity index is 1.27. The minimum atomic E-state index is -0.151. The van der Waals surface area contributed by atoms with E-state index >= 15 is 0 Å². The second-order valence-electron chi connectivity index (χ2n) is 7.37. The molecule has 0 saturated carbocycles. The van der Waals surface area contributed by atoms with Gasteiger partial charge in [0.15, 0.2) is 11.5 Å². The second-order valence-corrected chi connectivity index (χ2v) is 8.36. The lowest BCUT2D eigenvalue weighted by molar-refractivity contribution is -0.119. The summed E-state index contributed by atoms with van der Waals surface area (Å²) in [4.78, 5) is 30.9. The number of hydrogen-bond donors (Lipinski definition) is 1. The fourth-order valence-electron chi connectivity index (χ4n) is 3.53. The highest BCUT2D eigenvalue weighted by molar-refractivity contribution is 7.99. The number of likely N-dealkylation sites (tertiary alicyclic amines) is 1. The van der Waals surface area contributed by atoms with Gasteiger partial charge in [-0.05, 0) is 49.6 Å². The van der Waals surface area contributed by atoms with Crippen molar-refractivity contribution in [3.63, 3.8) is 0 Å². The fourth-order valence-corrected chi connectivity index (χ4v) is 4.18. The van der Waals surface area contributed by atoms with Gasteiger partial charge in [-0.15, -0.1) is 0 Å². The van der Waals surface area contributed by atoms with Crippen LogP contribution in [0.15, 0.2) is 41.6 Å². The van der Waals surface area contributed by atoms with Crippen molar-refractivity contribution in [2.75, 3.05) is 32.1 Å². The van der Waals surface area contributed by atoms with E-state index in [4.69, 9.17) is 9.47 Å². The van der Waals surface area contributed by atoms with Crippen LogP contribution < -0.4 is 14.8 Å². The summed E-state index contributed by atoms with van der Waals surface area (Å²) < 4.78 is 11.1. The quantitative estimate of drug-likeness (QED) is 0.714. The molecule has 1 fully saturated rings. The van der Waals surface area contributed by atoms with Gasteiger partial charge >= 0.3 is 0 Å². The van der Waals surface area contributed by atoms with Crippen LogP contribution in [0.5, 0.6) is 11.5 Å². The number of hydrogen-bond acceptors (Lipinski definition) is 6. The van der Waals surface area contributed by atoms with Crippen LogP contribution >= 0.6 is 11.8 Å². The third kappa shape index (κ3) is 4.87. The maximum absolute atomic E-state index is 12.4. The molecule has 2 amide bonds. The Morgan fingerprint density at radius 2 is 1.90 bits per heavy atom. The molecule has 30 heavy (non-hydrogen) atoms. The second kappa shape index (κ2) is 9.38. The van der Waals surface area contributed by atoms with E-state index in [-0.39, 0.29) is 23.6 Å². The van der Waals surface area contributed by atoms with E-state index in [2.05, 4.69) is 10.3 Å². The summed E-state index contributed by atoms with van der Waals surface area (Å²) in [6.07, 6.45) is 3.72. The van der Waals surface area contributed by atoms with Crippen molar-refractivity contribution >= 4 is 23.6 Å². The van der Waals surface area contributed by atoms with E-state index in [1.807, 2.05) is 30.0 Å². The van der Waals surface area contributed by atoms with Crippen LogP contribution in [0.1, 0.15) is 41.7 Å². The van der Waals surface area contributed by atoms with Crippen LogP contribution in [-0.2, 0) is 4.79 Å². The number of thioether (sulfide) groups is 1. The summed E-state index contributed by atoms with van der Waals surface area (Å²) in [5.74, 6) is 1.64. The summed E-state index contributed by atoms with van der Waals surface area (Å²) in [6.45, 7) is 4.65. The van der Waals surface area contributed by atoms with Gasteiger partial charge in [-0.25, -0.2) is 4.98 Å². The fraction of sp³-hybridized carbons (Fsp3) is 0.409. The van der Waals surface area contributed by atoms with Crippen molar-refractivity contribution in [3.8, 4) is 11.5 Å². The SMILES string of the molecule is C[C@H](NC(=O)CSc1ccc(C(=O)N2CCCC2)cn1)c1ccc2c(c1)OCCO2.